The summed E-state index contributed by atoms with van der Waals surface area (Å²) >= 11 is 8.89. The number of rotatable bonds is 5. The fourth-order valence-corrected chi connectivity index (χ4v) is 1.90. The molecule has 0 aliphatic rings. The molecule has 17 heavy (non-hydrogen) atoms. The van der Waals surface area contributed by atoms with Gasteiger partial charge in [-0.1, -0.05) is 31.5 Å². The maximum Gasteiger partial charge on any atom is 0.148 e. The fraction of sp³-hybridized carbons (Fsp3) is 0.500. The smallest absolute Gasteiger partial charge is 0.148 e. The Bertz CT molecular complexity index is 387. The molecule has 2 N–H and O–H groups in total. The lowest BCUT2D eigenvalue weighted by molar-refractivity contribution is 0.169. The normalized spacial score (nSPS) is 13.1. The lowest BCUT2D eigenvalue weighted by Crippen LogP contribution is -2.25. The van der Waals surface area contributed by atoms with Gasteiger partial charge in [0.15, 0.2) is 0 Å². The van der Waals surface area contributed by atoms with Gasteiger partial charge in [-0.05, 0) is 34.5 Å². The van der Waals surface area contributed by atoms with Gasteiger partial charge in [-0.15, -0.1) is 0 Å². The van der Waals surface area contributed by atoms with Gasteiger partial charge in [0.05, 0.1) is 11.1 Å². The molecule has 0 aliphatic heterocycles. The number of halogens is 3. The van der Waals surface area contributed by atoms with Crippen molar-refractivity contribution in [2.24, 2.45) is 5.92 Å². The van der Waals surface area contributed by atoms with Crippen LogP contribution in [-0.2, 0) is 0 Å². The minimum Gasteiger partial charge on any atom is -0.387 e. The highest BCUT2D eigenvalue weighted by Gasteiger charge is 2.16. The summed E-state index contributed by atoms with van der Waals surface area (Å²) in [7, 11) is 0. The lowest BCUT2D eigenvalue weighted by Gasteiger charge is -2.15. The predicted molar refractivity (Wildman–Crippen MR) is 71.8 cm³/mol. The summed E-state index contributed by atoms with van der Waals surface area (Å²) in [6, 6.07) is 3.17. The SMILES string of the molecule is CC(C)CNCC(O)c1ccc(Br)c(Cl)c1F. The quantitative estimate of drug-likeness (QED) is 0.812. The predicted octanol–water partition coefficient (Wildman–Crippen LogP) is 3.52. The molecule has 0 amide bonds. The molecule has 1 aromatic carbocycles. The van der Waals surface area contributed by atoms with E-state index in [4.69, 9.17) is 11.6 Å². The van der Waals surface area contributed by atoms with Crippen LogP contribution in [0, 0.1) is 11.7 Å². The third-order valence-corrected chi connectivity index (χ3v) is 3.57. The van der Waals surface area contributed by atoms with E-state index < -0.39 is 11.9 Å². The Hall–Kier alpha value is -0.160. The Morgan fingerprint density at radius 3 is 2.65 bits per heavy atom. The maximum atomic E-state index is 13.7. The molecular weight excluding hydrogens is 308 g/mol. The van der Waals surface area contributed by atoms with Crippen LogP contribution >= 0.6 is 27.5 Å². The van der Waals surface area contributed by atoms with Gasteiger partial charge >= 0.3 is 0 Å². The Morgan fingerprint density at radius 1 is 1.41 bits per heavy atom. The van der Waals surface area contributed by atoms with Crippen LogP contribution in [0.5, 0.6) is 0 Å². The van der Waals surface area contributed by atoms with Gasteiger partial charge in [0, 0.05) is 16.6 Å². The maximum absolute atomic E-state index is 13.7. The summed E-state index contributed by atoms with van der Waals surface area (Å²) in [4.78, 5) is 0. The largest absolute Gasteiger partial charge is 0.387 e. The van der Waals surface area contributed by atoms with E-state index in [1.807, 2.05) is 0 Å². The Morgan fingerprint density at radius 2 is 2.06 bits per heavy atom. The second kappa shape index (κ2) is 6.69. The molecule has 1 aromatic rings. The van der Waals surface area contributed by atoms with E-state index in [1.165, 1.54) is 6.07 Å². The molecule has 0 radical (unpaired) electrons. The Labute approximate surface area is 114 Å². The van der Waals surface area contributed by atoms with Crippen molar-refractivity contribution in [3.8, 4) is 0 Å². The van der Waals surface area contributed by atoms with Gasteiger partial charge < -0.3 is 10.4 Å². The molecular formula is C12H16BrClFNO. The zero-order valence-corrected chi connectivity index (χ0v) is 12.1. The molecule has 1 rings (SSSR count). The first-order valence-electron chi connectivity index (χ1n) is 5.45. The van der Waals surface area contributed by atoms with Crippen LogP contribution < -0.4 is 5.32 Å². The second-order valence-electron chi connectivity index (χ2n) is 4.33. The van der Waals surface area contributed by atoms with E-state index >= 15 is 0 Å². The zero-order valence-electron chi connectivity index (χ0n) is 9.80. The van der Waals surface area contributed by atoms with Crippen LogP contribution in [0.15, 0.2) is 16.6 Å². The summed E-state index contributed by atoms with van der Waals surface area (Å²) in [6.45, 7) is 5.23. The summed E-state index contributed by atoms with van der Waals surface area (Å²) < 4.78 is 14.2. The molecule has 0 aliphatic carbocycles. The van der Waals surface area contributed by atoms with Crippen LogP contribution in [0.2, 0.25) is 5.02 Å². The Kier molecular flexibility index (Phi) is 5.86. The molecule has 0 heterocycles. The zero-order chi connectivity index (χ0) is 13.0. The van der Waals surface area contributed by atoms with Crippen molar-refractivity contribution in [2.45, 2.75) is 20.0 Å². The van der Waals surface area contributed by atoms with Gasteiger partial charge in [-0.2, -0.15) is 0 Å². The number of aliphatic hydroxyl groups is 1. The highest BCUT2D eigenvalue weighted by molar-refractivity contribution is 9.10. The van der Waals surface area contributed by atoms with Gasteiger partial charge in [0.25, 0.3) is 0 Å². The van der Waals surface area contributed by atoms with Gasteiger partial charge in [-0.3, -0.25) is 0 Å². The third-order valence-electron chi connectivity index (χ3n) is 2.31. The third kappa shape index (κ3) is 4.21. The average Bonchev–Trinajstić information content (AvgIpc) is 2.25. The molecule has 0 fully saturated rings. The lowest BCUT2D eigenvalue weighted by atomic mass is 10.1. The molecule has 1 atom stereocenters. The van der Waals surface area contributed by atoms with Crippen molar-refractivity contribution < 1.29 is 9.50 Å². The summed E-state index contributed by atoms with van der Waals surface area (Å²) in [5.74, 6) is -0.0829. The first-order valence-corrected chi connectivity index (χ1v) is 6.62. The number of hydrogen-bond donors (Lipinski definition) is 2. The molecule has 0 saturated carbocycles. The standard InChI is InChI=1S/C12H16BrClFNO/c1-7(2)5-16-6-10(17)8-3-4-9(13)11(14)12(8)15/h3-4,7,10,16-17H,5-6H2,1-2H3. The van der Waals surface area contributed by atoms with Crippen molar-refractivity contribution in [2.75, 3.05) is 13.1 Å². The van der Waals surface area contributed by atoms with Crippen molar-refractivity contribution >= 4 is 27.5 Å². The minimum absolute atomic E-state index is 0.00501. The Balaban J connectivity index is 2.69. The van der Waals surface area contributed by atoms with Crippen LogP contribution in [0.1, 0.15) is 25.5 Å². The molecule has 1 unspecified atom stereocenters. The highest BCUT2D eigenvalue weighted by Crippen LogP contribution is 2.30. The molecule has 0 spiro atoms. The molecule has 2 nitrogen and oxygen atoms in total. The van der Waals surface area contributed by atoms with Gasteiger partial charge in [0.2, 0.25) is 0 Å². The van der Waals surface area contributed by atoms with Crippen LogP contribution in [0.25, 0.3) is 0 Å². The fourth-order valence-electron chi connectivity index (χ4n) is 1.42. The van der Waals surface area contributed by atoms with E-state index in [0.29, 0.717) is 16.9 Å². The van der Waals surface area contributed by atoms with Crippen molar-refractivity contribution in [1.29, 1.82) is 0 Å². The number of hydrogen-bond acceptors (Lipinski definition) is 2. The van der Waals surface area contributed by atoms with Crippen molar-refractivity contribution in [1.82, 2.24) is 5.32 Å². The topological polar surface area (TPSA) is 32.3 Å². The number of benzene rings is 1. The van der Waals surface area contributed by atoms with Crippen LogP contribution in [0.4, 0.5) is 4.39 Å². The van der Waals surface area contributed by atoms with Crippen LogP contribution in [-0.4, -0.2) is 18.2 Å². The van der Waals surface area contributed by atoms with Gasteiger partial charge in [-0.25, -0.2) is 4.39 Å². The molecule has 96 valence electrons. The second-order valence-corrected chi connectivity index (χ2v) is 5.56. The molecule has 0 bridgehead atoms. The van der Waals surface area contributed by atoms with Crippen molar-refractivity contribution in [3.05, 3.63) is 33.0 Å². The highest BCUT2D eigenvalue weighted by atomic mass is 79.9. The molecule has 5 heteroatoms. The van der Waals surface area contributed by atoms with Gasteiger partial charge in [0.1, 0.15) is 5.82 Å². The first-order chi connectivity index (χ1) is 7.93. The average molecular weight is 325 g/mol. The van der Waals surface area contributed by atoms with E-state index in [2.05, 4.69) is 35.1 Å². The summed E-state index contributed by atoms with van der Waals surface area (Å²) in [5.41, 5.74) is 0.217. The van der Waals surface area contributed by atoms with Crippen molar-refractivity contribution in [3.63, 3.8) is 0 Å². The minimum atomic E-state index is -0.889. The number of nitrogens with one attached hydrogen (secondary N) is 1. The summed E-state index contributed by atoms with van der Waals surface area (Å²) in [6.07, 6.45) is -0.889. The molecule has 0 saturated heterocycles. The van der Waals surface area contributed by atoms with Crippen LogP contribution in [0.3, 0.4) is 0 Å². The molecule has 0 aromatic heterocycles. The van der Waals surface area contributed by atoms with E-state index in [9.17, 15) is 9.50 Å². The first kappa shape index (κ1) is 14.9. The number of aliphatic hydroxyl groups excluding tert-OH is 1. The monoisotopic (exact) mass is 323 g/mol. The summed E-state index contributed by atoms with van der Waals surface area (Å²) in [5, 5.41) is 12.9. The van der Waals surface area contributed by atoms with E-state index in [-0.39, 0.29) is 10.6 Å². The van der Waals surface area contributed by atoms with E-state index in [0.717, 1.165) is 6.54 Å². The van der Waals surface area contributed by atoms with E-state index in [1.54, 1.807) is 6.07 Å².